The Balaban J connectivity index is 3.02. The molecule has 3 heteroatoms. The van der Waals surface area contributed by atoms with E-state index in [1.165, 1.54) is 0 Å². The molecule has 0 aliphatic heterocycles. The Morgan fingerprint density at radius 1 is 1.09 bits per heavy atom. The van der Waals surface area contributed by atoms with Crippen molar-refractivity contribution in [2.75, 3.05) is 0 Å². The molecule has 11 heavy (non-hydrogen) atoms. The van der Waals surface area contributed by atoms with Crippen LogP contribution in [-0.2, 0) is 0 Å². The number of halogens is 2. The van der Waals surface area contributed by atoms with Crippen LogP contribution in [0.4, 0.5) is 8.78 Å². The molecule has 0 fully saturated rings. The highest BCUT2D eigenvalue weighted by Crippen LogP contribution is 2.18. The topological polar surface area (TPSA) is 20.2 Å². The predicted octanol–water partition coefficient (Wildman–Crippen LogP) is 2.93. The summed E-state index contributed by atoms with van der Waals surface area (Å²) >= 11 is 0. The highest BCUT2D eigenvalue weighted by molar-refractivity contribution is 4.50. The molecular formula is C8H16F2O. The first-order valence-electron chi connectivity index (χ1n) is 4.16. The van der Waals surface area contributed by atoms with Gasteiger partial charge in [-0.3, -0.25) is 0 Å². The predicted molar refractivity (Wildman–Crippen MR) is 40.5 cm³/mol. The van der Waals surface area contributed by atoms with Gasteiger partial charge in [0.25, 0.3) is 0 Å². The molecule has 0 aliphatic carbocycles. The molecule has 0 radical (unpaired) electrons. The lowest BCUT2D eigenvalue weighted by atomic mass is 10.1. The number of unbranched alkanes of at least 4 members (excludes halogenated alkanes) is 4. The second-order valence-corrected chi connectivity index (χ2v) is 2.83. The summed E-state index contributed by atoms with van der Waals surface area (Å²) in [4.78, 5) is 0. The van der Waals surface area contributed by atoms with E-state index in [0.717, 1.165) is 25.7 Å². The molecule has 68 valence electrons. The van der Waals surface area contributed by atoms with Crippen LogP contribution in [0.3, 0.4) is 0 Å². The number of alkyl halides is 2. The smallest absolute Gasteiger partial charge is 0.336 e. The van der Waals surface area contributed by atoms with E-state index in [4.69, 9.17) is 5.11 Å². The molecular weight excluding hydrogens is 150 g/mol. The van der Waals surface area contributed by atoms with Crippen LogP contribution in [0.15, 0.2) is 0 Å². The lowest BCUT2D eigenvalue weighted by Gasteiger charge is -2.07. The van der Waals surface area contributed by atoms with Crippen LogP contribution >= 0.6 is 0 Å². The van der Waals surface area contributed by atoms with Crippen LogP contribution in [0.2, 0.25) is 0 Å². The average Bonchev–Trinajstić information content (AvgIpc) is 1.85. The molecule has 0 saturated carbocycles. The van der Waals surface area contributed by atoms with Crippen molar-refractivity contribution < 1.29 is 13.9 Å². The van der Waals surface area contributed by atoms with Gasteiger partial charge in [-0.05, 0) is 6.42 Å². The second kappa shape index (κ2) is 5.47. The molecule has 0 unspecified atom stereocenters. The van der Waals surface area contributed by atoms with Gasteiger partial charge >= 0.3 is 6.11 Å². The van der Waals surface area contributed by atoms with Crippen molar-refractivity contribution in [3.8, 4) is 0 Å². The van der Waals surface area contributed by atoms with Crippen LogP contribution in [-0.4, -0.2) is 11.2 Å². The first-order valence-corrected chi connectivity index (χ1v) is 4.16. The molecule has 0 bridgehead atoms. The molecule has 0 heterocycles. The molecule has 0 aromatic carbocycles. The fraction of sp³-hybridized carbons (Fsp3) is 1.00. The third-order valence-corrected chi connectivity index (χ3v) is 1.58. The maximum absolute atomic E-state index is 11.8. The summed E-state index contributed by atoms with van der Waals surface area (Å²) in [6.07, 6.45) is 0.565. The number of hydrogen-bond acceptors (Lipinski definition) is 1. The summed E-state index contributed by atoms with van der Waals surface area (Å²) in [6.45, 7) is 2.07. The van der Waals surface area contributed by atoms with Crippen molar-refractivity contribution in [2.24, 2.45) is 0 Å². The minimum absolute atomic E-state index is 0.392. The Kier molecular flexibility index (Phi) is 5.38. The quantitative estimate of drug-likeness (QED) is 0.601. The van der Waals surface area contributed by atoms with Crippen molar-refractivity contribution in [1.29, 1.82) is 0 Å². The van der Waals surface area contributed by atoms with Gasteiger partial charge in [0.1, 0.15) is 0 Å². The Morgan fingerprint density at radius 3 is 2.09 bits per heavy atom. The van der Waals surface area contributed by atoms with Crippen LogP contribution < -0.4 is 0 Å². The molecule has 0 aliphatic rings. The highest BCUT2D eigenvalue weighted by atomic mass is 19.3. The molecule has 0 rings (SSSR count). The number of hydrogen-bond donors (Lipinski definition) is 1. The van der Waals surface area contributed by atoms with Crippen molar-refractivity contribution in [1.82, 2.24) is 0 Å². The lowest BCUT2D eigenvalue weighted by molar-refractivity contribution is -0.203. The number of aliphatic hydroxyl groups is 1. The molecule has 1 nitrogen and oxygen atoms in total. The van der Waals surface area contributed by atoms with Gasteiger partial charge in [0.15, 0.2) is 0 Å². The number of rotatable bonds is 6. The molecule has 0 aromatic heterocycles. The Morgan fingerprint density at radius 2 is 1.64 bits per heavy atom. The van der Waals surface area contributed by atoms with Crippen molar-refractivity contribution in [3.05, 3.63) is 0 Å². The second-order valence-electron chi connectivity index (χ2n) is 2.83. The average molecular weight is 166 g/mol. The summed E-state index contributed by atoms with van der Waals surface area (Å²) in [6, 6.07) is 0. The van der Waals surface area contributed by atoms with E-state index >= 15 is 0 Å². The van der Waals surface area contributed by atoms with Gasteiger partial charge in [0.05, 0.1) is 0 Å². The van der Waals surface area contributed by atoms with E-state index in [0.29, 0.717) is 6.42 Å². The van der Waals surface area contributed by atoms with Crippen molar-refractivity contribution in [3.63, 3.8) is 0 Å². The van der Waals surface area contributed by atoms with Gasteiger partial charge in [-0.15, -0.1) is 0 Å². The molecule has 0 atom stereocenters. The summed E-state index contributed by atoms with van der Waals surface area (Å²) in [5.74, 6) is 0. The fourth-order valence-corrected chi connectivity index (χ4v) is 0.941. The van der Waals surface area contributed by atoms with E-state index in [-0.39, 0.29) is 0 Å². The maximum Gasteiger partial charge on any atom is 0.353 e. The standard InChI is InChI=1S/C8H16F2O/c1-2-3-4-5-6-7-8(9,10)11/h11H,2-7H2,1H3. The minimum Gasteiger partial charge on any atom is -0.336 e. The Labute approximate surface area is 66.4 Å². The van der Waals surface area contributed by atoms with Crippen LogP contribution in [0, 0.1) is 0 Å². The van der Waals surface area contributed by atoms with Crippen molar-refractivity contribution >= 4 is 0 Å². The van der Waals surface area contributed by atoms with Crippen molar-refractivity contribution in [2.45, 2.75) is 51.6 Å². The van der Waals surface area contributed by atoms with E-state index in [1.54, 1.807) is 0 Å². The zero-order valence-electron chi connectivity index (χ0n) is 6.95. The zero-order valence-corrected chi connectivity index (χ0v) is 6.95. The van der Waals surface area contributed by atoms with Gasteiger partial charge in [0, 0.05) is 6.42 Å². The molecule has 0 amide bonds. The molecule has 0 aromatic rings. The molecule has 1 N–H and O–H groups in total. The summed E-state index contributed by atoms with van der Waals surface area (Å²) < 4.78 is 23.6. The van der Waals surface area contributed by atoms with Crippen LogP contribution in [0.25, 0.3) is 0 Å². The lowest BCUT2D eigenvalue weighted by Crippen LogP contribution is -2.13. The van der Waals surface area contributed by atoms with E-state index in [9.17, 15) is 8.78 Å². The first kappa shape index (κ1) is 10.8. The summed E-state index contributed by atoms with van der Waals surface area (Å²) in [7, 11) is 0. The fourth-order valence-electron chi connectivity index (χ4n) is 0.941. The highest BCUT2D eigenvalue weighted by Gasteiger charge is 2.22. The van der Waals surface area contributed by atoms with Crippen LogP contribution in [0.5, 0.6) is 0 Å². The largest absolute Gasteiger partial charge is 0.353 e. The third kappa shape index (κ3) is 9.82. The van der Waals surface area contributed by atoms with E-state index in [1.807, 2.05) is 0 Å². The minimum atomic E-state index is -3.45. The molecule has 0 spiro atoms. The summed E-state index contributed by atoms with van der Waals surface area (Å²) in [5, 5.41) is 8.04. The Hall–Kier alpha value is -0.180. The third-order valence-electron chi connectivity index (χ3n) is 1.58. The van der Waals surface area contributed by atoms with Gasteiger partial charge in [-0.25, -0.2) is 0 Å². The van der Waals surface area contributed by atoms with E-state index in [2.05, 4.69) is 6.92 Å². The van der Waals surface area contributed by atoms with E-state index < -0.39 is 12.5 Å². The SMILES string of the molecule is CCCCCCCC(O)(F)F. The monoisotopic (exact) mass is 166 g/mol. The zero-order chi connectivity index (χ0) is 8.74. The Bertz CT molecular complexity index is 88.6. The van der Waals surface area contributed by atoms with Gasteiger partial charge in [-0.2, -0.15) is 8.78 Å². The van der Waals surface area contributed by atoms with Gasteiger partial charge < -0.3 is 5.11 Å². The van der Waals surface area contributed by atoms with Gasteiger partial charge in [-0.1, -0.05) is 32.6 Å². The normalized spacial score (nSPS) is 12.0. The van der Waals surface area contributed by atoms with Crippen LogP contribution in [0.1, 0.15) is 45.4 Å². The summed E-state index contributed by atoms with van der Waals surface area (Å²) in [5.41, 5.74) is 0. The maximum atomic E-state index is 11.8. The first-order chi connectivity index (χ1) is 5.06. The van der Waals surface area contributed by atoms with Gasteiger partial charge in [0.2, 0.25) is 0 Å². The molecule has 0 saturated heterocycles.